The molecular formula is C27H48B2N2. The number of hydrogen-bond donors (Lipinski definition) is 0. The average molecular weight is 422 g/mol. The molecule has 4 heteroatoms. The molecule has 0 radical (unpaired) electrons. The van der Waals surface area contributed by atoms with E-state index in [1.54, 1.807) is 0 Å². The Bertz CT molecular complexity index is 708. The second-order valence-corrected chi connectivity index (χ2v) is 12.6. The van der Waals surface area contributed by atoms with Crippen LogP contribution in [0, 0.1) is 0 Å². The van der Waals surface area contributed by atoms with Crippen molar-refractivity contribution in [2.45, 2.75) is 123 Å². The smallest absolute Gasteiger partial charge is 0.127 e. The Morgan fingerprint density at radius 1 is 0.677 bits per heavy atom. The van der Waals surface area contributed by atoms with Gasteiger partial charge in [-0.3, -0.25) is 9.98 Å². The fraction of sp³-hybridized carbons (Fsp3) is 0.704. The lowest BCUT2D eigenvalue weighted by Gasteiger charge is -2.24. The third-order valence-corrected chi connectivity index (χ3v) is 6.38. The molecule has 0 fully saturated rings. The summed E-state index contributed by atoms with van der Waals surface area (Å²) in [5.74, 6) is 0. The molecule has 0 aliphatic carbocycles. The topological polar surface area (TPSA) is 24.7 Å². The quantitative estimate of drug-likeness (QED) is 0.248. The Labute approximate surface area is 195 Å². The van der Waals surface area contributed by atoms with Crippen molar-refractivity contribution in [1.29, 1.82) is 0 Å². The molecule has 0 saturated heterocycles. The van der Waals surface area contributed by atoms with Crippen molar-refractivity contribution in [3.8, 4) is 0 Å². The van der Waals surface area contributed by atoms with E-state index >= 15 is 0 Å². The van der Waals surface area contributed by atoms with Crippen LogP contribution in [-0.2, 0) is 0 Å². The molecule has 31 heavy (non-hydrogen) atoms. The van der Waals surface area contributed by atoms with E-state index in [0.717, 1.165) is 24.0 Å². The monoisotopic (exact) mass is 422 g/mol. The molecular weight excluding hydrogens is 374 g/mol. The van der Waals surface area contributed by atoms with Crippen molar-refractivity contribution in [2.75, 3.05) is 0 Å². The van der Waals surface area contributed by atoms with Gasteiger partial charge >= 0.3 is 0 Å². The van der Waals surface area contributed by atoms with Crippen LogP contribution in [0.5, 0.6) is 0 Å². The maximum Gasteiger partial charge on any atom is 0.127 e. The minimum Gasteiger partial charge on any atom is -0.287 e. The maximum atomic E-state index is 4.88. The second kappa shape index (κ2) is 11.5. The van der Waals surface area contributed by atoms with Crippen LogP contribution in [0.25, 0.3) is 0 Å². The predicted octanol–water partition coefficient (Wildman–Crippen LogP) is 7.40. The van der Waals surface area contributed by atoms with Gasteiger partial charge < -0.3 is 0 Å². The summed E-state index contributed by atoms with van der Waals surface area (Å²) in [7, 11) is 2.51. The van der Waals surface area contributed by atoms with E-state index in [9.17, 15) is 0 Å². The van der Waals surface area contributed by atoms with Crippen LogP contribution in [0.2, 0.25) is 23.3 Å². The van der Waals surface area contributed by atoms with Crippen molar-refractivity contribution < 1.29 is 0 Å². The molecule has 0 amide bonds. The number of nitrogens with zero attached hydrogens (tertiary/aromatic N) is 2. The van der Waals surface area contributed by atoms with Gasteiger partial charge in [-0.15, -0.1) is 0 Å². The van der Waals surface area contributed by atoms with Crippen molar-refractivity contribution in [3.63, 3.8) is 0 Å². The minimum absolute atomic E-state index is 0.0122. The fourth-order valence-corrected chi connectivity index (χ4v) is 3.52. The Morgan fingerprint density at radius 3 is 1.42 bits per heavy atom. The number of hydrogen-bond acceptors (Lipinski definition) is 2. The molecule has 2 nitrogen and oxygen atoms in total. The van der Waals surface area contributed by atoms with E-state index < -0.39 is 0 Å². The molecule has 0 aromatic heterocycles. The molecule has 0 bridgehead atoms. The fourth-order valence-electron chi connectivity index (χ4n) is 3.52. The molecule has 0 aliphatic rings. The molecule has 0 heterocycles. The third-order valence-electron chi connectivity index (χ3n) is 6.38. The Morgan fingerprint density at radius 2 is 1.06 bits per heavy atom. The van der Waals surface area contributed by atoms with E-state index in [-0.39, 0.29) is 11.1 Å². The Hall–Kier alpha value is -1.31. The van der Waals surface area contributed by atoms with Crippen molar-refractivity contribution in [3.05, 3.63) is 35.4 Å². The number of aliphatic imine (C=N–C) groups is 2. The van der Waals surface area contributed by atoms with Crippen LogP contribution in [0.4, 0.5) is 0 Å². The number of rotatable bonds is 12. The third kappa shape index (κ3) is 13.0. The Kier molecular flexibility index (Phi) is 10.3. The van der Waals surface area contributed by atoms with E-state index in [2.05, 4.69) is 93.5 Å². The molecule has 172 valence electrons. The summed E-state index contributed by atoms with van der Waals surface area (Å²) >= 11 is 0. The SMILES string of the molecule is CCC(C)(C)BCCC(C)(C)/N=C/c1ccc(/C=N/C(C)(C)CCBC(C)(C)C)cc1. The highest BCUT2D eigenvalue weighted by molar-refractivity contribution is 6.39. The van der Waals surface area contributed by atoms with Gasteiger partial charge in [-0.05, 0) is 51.7 Å². The lowest BCUT2D eigenvalue weighted by Crippen LogP contribution is -2.20. The summed E-state index contributed by atoms with van der Waals surface area (Å²) in [6.07, 6.45) is 9.99. The summed E-state index contributed by atoms with van der Waals surface area (Å²) in [6.45, 7) is 22.9. The van der Waals surface area contributed by atoms with Gasteiger partial charge in [-0.2, -0.15) is 0 Å². The maximum absolute atomic E-state index is 4.88. The summed E-state index contributed by atoms with van der Waals surface area (Å²) in [5, 5.41) is 0.843. The van der Waals surface area contributed by atoms with Crippen molar-refractivity contribution >= 4 is 27.0 Å². The van der Waals surface area contributed by atoms with Crippen molar-refractivity contribution in [1.82, 2.24) is 0 Å². The van der Waals surface area contributed by atoms with Gasteiger partial charge in [0.25, 0.3) is 0 Å². The van der Waals surface area contributed by atoms with Crippen LogP contribution in [0.15, 0.2) is 34.3 Å². The van der Waals surface area contributed by atoms with Crippen LogP contribution in [0.1, 0.15) is 99.6 Å². The lowest BCUT2D eigenvalue weighted by molar-refractivity contribution is 0.502. The molecule has 0 spiro atoms. The van der Waals surface area contributed by atoms with Gasteiger partial charge in [0, 0.05) is 12.4 Å². The van der Waals surface area contributed by atoms with Crippen molar-refractivity contribution in [2.24, 2.45) is 9.98 Å². The highest BCUT2D eigenvalue weighted by Crippen LogP contribution is 2.30. The average Bonchev–Trinajstić information content (AvgIpc) is 2.64. The largest absolute Gasteiger partial charge is 0.287 e. The molecule has 1 aromatic carbocycles. The van der Waals surface area contributed by atoms with Crippen LogP contribution in [-0.4, -0.2) is 38.1 Å². The van der Waals surface area contributed by atoms with Gasteiger partial charge in [-0.25, -0.2) is 0 Å². The van der Waals surface area contributed by atoms with Gasteiger partial charge in [-0.1, -0.05) is 95.5 Å². The van der Waals surface area contributed by atoms with Gasteiger partial charge in [0.15, 0.2) is 0 Å². The van der Waals surface area contributed by atoms with Gasteiger partial charge in [0.2, 0.25) is 0 Å². The summed E-state index contributed by atoms with van der Waals surface area (Å²) < 4.78 is 0. The van der Waals surface area contributed by atoms with Crippen LogP contribution in [0.3, 0.4) is 0 Å². The zero-order valence-corrected chi connectivity index (χ0v) is 22.3. The molecule has 0 atom stereocenters. The molecule has 0 unspecified atom stereocenters. The van der Waals surface area contributed by atoms with E-state index in [1.807, 2.05) is 12.4 Å². The van der Waals surface area contributed by atoms with E-state index in [1.165, 1.54) is 33.6 Å². The summed E-state index contributed by atoms with van der Waals surface area (Å²) in [5.41, 5.74) is 2.29. The summed E-state index contributed by atoms with van der Waals surface area (Å²) in [6, 6.07) is 8.58. The first-order valence-electron chi connectivity index (χ1n) is 12.3. The van der Waals surface area contributed by atoms with E-state index in [4.69, 9.17) is 9.98 Å². The summed E-state index contributed by atoms with van der Waals surface area (Å²) in [4.78, 5) is 9.74. The molecule has 1 rings (SSSR count). The zero-order valence-electron chi connectivity index (χ0n) is 22.3. The van der Waals surface area contributed by atoms with E-state index in [0.29, 0.717) is 10.6 Å². The molecule has 0 saturated carbocycles. The number of benzene rings is 1. The first kappa shape index (κ1) is 27.7. The Balaban J connectivity index is 2.59. The predicted molar refractivity (Wildman–Crippen MR) is 147 cm³/mol. The lowest BCUT2D eigenvalue weighted by atomic mass is 9.50. The van der Waals surface area contributed by atoms with Crippen LogP contribution < -0.4 is 0 Å². The normalized spacial score (nSPS) is 13.9. The first-order chi connectivity index (χ1) is 14.1. The van der Waals surface area contributed by atoms with Gasteiger partial charge in [0.05, 0.1) is 11.1 Å². The molecule has 1 aromatic rings. The first-order valence-corrected chi connectivity index (χ1v) is 12.3. The second-order valence-electron chi connectivity index (χ2n) is 12.6. The van der Waals surface area contributed by atoms with Crippen LogP contribution >= 0.6 is 0 Å². The minimum atomic E-state index is -0.0129. The molecule has 0 N–H and O–H groups in total. The zero-order chi connectivity index (χ0) is 23.8. The van der Waals surface area contributed by atoms with Gasteiger partial charge in [0.1, 0.15) is 14.6 Å². The molecule has 0 aliphatic heterocycles. The highest BCUT2D eigenvalue weighted by atomic mass is 14.8. The standard InChI is InChI=1S/C27H48B2N2/c1-11-25(5,6)29-19-17-27(9,10)31-21-23-14-12-22(13-15-23)20-30-26(7,8)16-18-28-24(2,3)4/h12-15,20-21,28-29H,11,16-19H2,1-10H3/b30-20+,31-21+. The highest BCUT2D eigenvalue weighted by Gasteiger charge is 2.21.